The smallest absolute Gasteiger partial charge is 0.244 e. The zero-order chi connectivity index (χ0) is 20.1. The molecule has 0 aliphatic carbocycles. The van der Waals surface area contributed by atoms with Crippen LogP contribution in [0.15, 0.2) is 33.8 Å². The van der Waals surface area contributed by atoms with E-state index in [4.69, 9.17) is 9.84 Å². The van der Waals surface area contributed by atoms with Crippen LogP contribution in [0, 0.1) is 0 Å². The molecule has 1 aliphatic rings. The largest absolute Gasteiger partial charge is 0.492 e. The van der Waals surface area contributed by atoms with Gasteiger partial charge in [-0.2, -0.15) is 4.98 Å². The summed E-state index contributed by atoms with van der Waals surface area (Å²) in [7, 11) is -3.84. The number of anilines is 3. The molecule has 3 rings (SSSR count). The van der Waals surface area contributed by atoms with E-state index in [2.05, 4.69) is 41.3 Å². The highest BCUT2D eigenvalue weighted by atomic mass is 79.9. The summed E-state index contributed by atoms with van der Waals surface area (Å²) < 4.78 is 34.3. The van der Waals surface area contributed by atoms with Crippen LogP contribution in [0.5, 0.6) is 5.75 Å². The number of nitrogens with one attached hydrogen (secondary N) is 3. The van der Waals surface area contributed by atoms with Crippen LogP contribution in [0.2, 0.25) is 0 Å². The van der Waals surface area contributed by atoms with Crippen molar-refractivity contribution in [3.8, 4) is 5.75 Å². The summed E-state index contributed by atoms with van der Waals surface area (Å²) in [6.07, 6.45) is 3.20. The van der Waals surface area contributed by atoms with Crippen molar-refractivity contribution in [2.75, 3.05) is 30.4 Å². The van der Waals surface area contributed by atoms with E-state index in [-0.39, 0.29) is 17.3 Å². The van der Waals surface area contributed by atoms with E-state index >= 15 is 0 Å². The topological polar surface area (TPSA) is 125 Å². The lowest BCUT2D eigenvalue weighted by Crippen LogP contribution is -2.35. The van der Waals surface area contributed by atoms with E-state index in [0.29, 0.717) is 30.6 Å². The molecule has 1 aromatic carbocycles. The van der Waals surface area contributed by atoms with Crippen LogP contribution in [0.25, 0.3) is 0 Å². The zero-order valence-corrected chi connectivity index (χ0v) is 17.7. The third kappa shape index (κ3) is 5.10. The first-order valence-electron chi connectivity index (χ1n) is 8.82. The van der Waals surface area contributed by atoms with Crippen LogP contribution in [0.4, 0.5) is 17.5 Å². The van der Waals surface area contributed by atoms with E-state index < -0.39 is 16.1 Å². The molecule has 0 spiro atoms. The van der Waals surface area contributed by atoms with Crippen molar-refractivity contribution in [2.24, 2.45) is 0 Å². The highest BCUT2D eigenvalue weighted by Gasteiger charge is 2.22. The lowest BCUT2D eigenvalue weighted by atomic mass is 10.3. The summed E-state index contributed by atoms with van der Waals surface area (Å²) in [4.78, 5) is 8.68. The van der Waals surface area contributed by atoms with Gasteiger partial charge in [0, 0.05) is 30.5 Å². The summed E-state index contributed by atoms with van der Waals surface area (Å²) in [5.41, 5.74) is 0.594. The Kier molecular flexibility index (Phi) is 6.70. The Morgan fingerprint density at radius 1 is 1.39 bits per heavy atom. The molecule has 0 amide bonds. The second-order valence-corrected chi connectivity index (χ2v) is 8.90. The minimum atomic E-state index is -3.84. The number of nitrogens with zero attached hydrogens (tertiary/aromatic N) is 2. The second kappa shape index (κ2) is 9.03. The van der Waals surface area contributed by atoms with Gasteiger partial charge >= 0.3 is 0 Å². The summed E-state index contributed by atoms with van der Waals surface area (Å²) in [6, 6.07) is 4.07. The van der Waals surface area contributed by atoms with Crippen molar-refractivity contribution in [1.82, 2.24) is 14.7 Å². The molecule has 0 saturated carbocycles. The minimum Gasteiger partial charge on any atom is -0.492 e. The van der Waals surface area contributed by atoms with Crippen molar-refractivity contribution in [1.29, 1.82) is 0 Å². The Balaban J connectivity index is 1.97. The number of aromatic nitrogens is 2. The fourth-order valence-electron chi connectivity index (χ4n) is 2.58. The van der Waals surface area contributed by atoms with Crippen LogP contribution in [0.1, 0.15) is 19.8 Å². The van der Waals surface area contributed by atoms with Crippen molar-refractivity contribution in [3.05, 3.63) is 28.9 Å². The lowest BCUT2D eigenvalue weighted by molar-refractivity contribution is 0.265. The molecule has 11 heteroatoms. The highest BCUT2D eigenvalue weighted by molar-refractivity contribution is 9.10. The predicted molar refractivity (Wildman–Crippen MR) is 110 cm³/mol. The summed E-state index contributed by atoms with van der Waals surface area (Å²) in [5, 5.41) is 15.5. The Morgan fingerprint density at radius 3 is 3.00 bits per heavy atom. The maximum absolute atomic E-state index is 12.7. The molecule has 0 radical (unpaired) electrons. The number of rotatable bonds is 4. The minimum absolute atomic E-state index is 0.0174. The fraction of sp³-hybridized carbons (Fsp3) is 0.412. The molecule has 9 nitrogen and oxygen atoms in total. The molecule has 152 valence electrons. The Bertz CT molecular complexity index is 941. The van der Waals surface area contributed by atoms with E-state index in [1.807, 2.05) is 0 Å². The Morgan fingerprint density at radius 2 is 2.21 bits per heavy atom. The van der Waals surface area contributed by atoms with Gasteiger partial charge in [0.15, 0.2) is 0 Å². The molecule has 0 saturated heterocycles. The number of halogens is 1. The lowest BCUT2D eigenvalue weighted by Gasteiger charge is -2.16. The van der Waals surface area contributed by atoms with E-state index in [1.165, 1.54) is 6.07 Å². The number of sulfonamides is 1. The Hall–Kier alpha value is -1.95. The number of aliphatic hydroxyl groups is 1. The molecule has 28 heavy (non-hydrogen) atoms. The molecule has 0 fully saturated rings. The molecule has 1 aliphatic heterocycles. The maximum atomic E-state index is 12.7. The third-order valence-electron chi connectivity index (χ3n) is 3.98. The zero-order valence-electron chi connectivity index (χ0n) is 15.3. The summed E-state index contributed by atoms with van der Waals surface area (Å²) in [5.74, 6) is 1.28. The SMILES string of the molecule is CC(CO)NS(=O)(=O)c1ccc2cc1OCCCCNc1nc(ncc1Br)N2. The van der Waals surface area contributed by atoms with Crippen LogP contribution >= 0.6 is 15.9 Å². The van der Waals surface area contributed by atoms with Gasteiger partial charge in [-0.1, -0.05) is 0 Å². The molecule has 1 aromatic heterocycles. The first kappa shape index (κ1) is 20.8. The van der Waals surface area contributed by atoms with Gasteiger partial charge < -0.3 is 20.5 Å². The highest BCUT2D eigenvalue weighted by Crippen LogP contribution is 2.30. The van der Waals surface area contributed by atoms with Gasteiger partial charge in [0.2, 0.25) is 16.0 Å². The van der Waals surface area contributed by atoms with Gasteiger partial charge in [0.1, 0.15) is 16.5 Å². The van der Waals surface area contributed by atoms with Crippen LogP contribution < -0.4 is 20.1 Å². The van der Waals surface area contributed by atoms with Gasteiger partial charge in [-0.25, -0.2) is 18.1 Å². The molecule has 1 unspecified atom stereocenters. The number of hydrogen-bond donors (Lipinski definition) is 4. The van der Waals surface area contributed by atoms with Crippen molar-refractivity contribution in [3.63, 3.8) is 0 Å². The number of benzene rings is 1. The predicted octanol–water partition coefficient (Wildman–Crippen LogP) is 2.23. The molecular weight excluding hydrogens is 450 g/mol. The van der Waals surface area contributed by atoms with Crippen molar-refractivity contribution < 1.29 is 18.3 Å². The first-order valence-corrected chi connectivity index (χ1v) is 11.1. The summed E-state index contributed by atoms with van der Waals surface area (Å²) >= 11 is 3.42. The third-order valence-corrected chi connectivity index (χ3v) is 6.19. The summed E-state index contributed by atoms with van der Waals surface area (Å²) in [6.45, 7) is 2.34. The van der Waals surface area contributed by atoms with Gasteiger partial charge in [-0.05, 0) is 47.8 Å². The van der Waals surface area contributed by atoms with E-state index in [1.54, 1.807) is 25.3 Å². The Labute approximate surface area is 172 Å². The first-order chi connectivity index (χ1) is 13.4. The number of ether oxygens (including phenoxy) is 1. The van der Waals surface area contributed by atoms with Gasteiger partial charge in [0.25, 0.3) is 0 Å². The number of aliphatic hydroxyl groups excluding tert-OH is 1. The van der Waals surface area contributed by atoms with Gasteiger partial charge in [-0.3, -0.25) is 0 Å². The van der Waals surface area contributed by atoms with Gasteiger partial charge in [0.05, 0.1) is 17.7 Å². The van der Waals surface area contributed by atoms with Gasteiger partial charge in [-0.15, -0.1) is 0 Å². The molecule has 2 heterocycles. The average molecular weight is 472 g/mol. The normalized spacial score (nSPS) is 15.7. The van der Waals surface area contributed by atoms with E-state index in [0.717, 1.165) is 17.3 Å². The molecule has 4 N–H and O–H groups in total. The number of hydrogen-bond acceptors (Lipinski definition) is 8. The van der Waals surface area contributed by atoms with Crippen LogP contribution in [-0.2, 0) is 10.0 Å². The quantitative estimate of drug-likeness (QED) is 0.534. The van der Waals surface area contributed by atoms with Crippen LogP contribution in [-0.4, -0.2) is 49.3 Å². The molecule has 1 atom stereocenters. The second-order valence-electron chi connectivity index (χ2n) is 6.36. The molecule has 2 aromatic rings. The molecule has 4 bridgehead atoms. The number of fused-ring (bicyclic) bond motifs is 4. The van der Waals surface area contributed by atoms with Crippen LogP contribution in [0.3, 0.4) is 0 Å². The van der Waals surface area contributed by atoms with Crippen molar-refractivity contribution >= 4 is 43.4 Å². The molecular formula is C17H22BrN5O4S. The standard InChI is InChI=1S/C17H22BrN5O4S/c1-11(10-24)23-28(25,26)15-5-4-12-8-14(15)27-7-3-2-6-19-16-13(18)9-20-17(21-12)22-16/h4-5,8-9,11,23-24H,2-3,6-7,10H2,1H3,(H2,19,20,21,22). The van der Waals surface area contributed by atoms with E-state index in [9.17, 15) is 8.42 Å². The average Bonchev–Trinajstić information content (AvgIpc) is 2.66. The van der Waals surface area contributed by atoms with Crippen molar-refractivity contribution in [2.45, 2.75) is 30.7 Å². The fourth-order valence-corrected chi connectivity index (χ4v) is 4.27. The monoisotopic (exact) mass is 471 g/mol. The maximum Gasteiger partial charge on any atom is 0.244 e.